The lowest BCUT2D eigenvalue weighted by molar-refractivity contribution is -0.286. The summed E-state index contributed by atoms with van der Waals surface area (Å²) in [6.07, 6.45) is 2.57. The Morgan fingerprint density at radius 3 is 2.60 bits per heavy atom. The molecule has 3 aliphatic heterocycles. The van der Waals surface area contributed by atoms with Crippen molar-refractivity contribution in [3.63, 3.8) is 0 Å². The summed E-state index contributed by atoms with van der Waals surface area (Å²) in [6, 6.07) is 8.61. The molecule has 184 valence electrons. The summed E-state index contributed by atoms with van der Waals surface area (Å²) in [5.41, 5.74) is 3.19. The second-order valence-corrected chi connectivity index (χ2v) is 9.96. The number of nitrogens with zero attached hydrogens (tertiary/aromatic N) is 2. The van der Waals surface area contributed by atoms with Crippen LogP contribution in [0.1, 0.15) is 48.9 Å². The van der Waals surface area contributed by atoms with Gasteiger partial charge in [-0.15, -0.1) is 8.78 Å². The van der Waals surface area contributed by atoms with Gasteiger partial charge in [0, 0.05) is 23.3 Å². The number of alkyl halides is 2. The van der Waals surface area contributed by atoms with E-state index in [9.17, 15) is 13.2 Å². The lowest BCUT2D eigenvalue weighted by Crippen LogP contribution is -2.61. The molecule has 3 fully saturated rings. The van der Waals surface area contributed by atoms with Gasteiger partial charge in [0.05, 0.1) is 29.4 Å². The molecule has 9 heteroatoms. The molecule has 2 bridgehead atoms. The van der Waals surface area contributed by atoms with E-state index in [1.807, 2.05) is 19.1 Å². The molecule has 4 aliphatic rings. The first kappa shape index (κ1) is 22.5. The molecule has 2 saturated heterocycles. The first-order valence-corrected chi connectivity index (χ1v) is 11.9. The quantitative estimate of drug-likeness (QED) is 0.518. The third kappa shape index (κ3) is 4.21. The summed E-state index contributed by atoms with van der Waals surface area (Å²) in [4.78, 5) is 8.72. The van der Waals surface area contributed by atoms with Gasteiger partial charge in [-0.05, 0) is 75.3 Å². The highest BCUT2D eigenvalue weighted by molar-refractivity contribution is 5.77. The van der Waals surface area contributed by atoms with E-state index >= 15 is 0 Å². The van der Waals surface area contributed by atoms with Gasteiger partial charge < -0.3 is 19.5 Å². The zero-order chi connectivity index (χ0) is 24.3. The Kier molecular flexibility index (Phi) is 5.19. The number of fused-ring (bicyclic) bond motifs is 5. The Bertz CT molecular complexity index is 1270. The number of hydrogen-bond acceptors (Lipinski definition) is 6. The minimum atomic E-state index is -3.61. The van der Waals surface area contributed by atoms with Crippen LogP contribution in [0.25, 0.3) is 11.0 Å². The molecule has 1 aromatic carbocycles. The maximum Gasteiger partial charge on any atom is 0.586 e. The Morgan fingerprint density at radius 1 is 1.03 bits per heavy atom. The van der Waals surface area contributed by atoms with Crippen LogP contribution in [0.4, 0.5) is 13.2 Å². The lowest BCUT2D eigenvalue weighted by Gasteiger charge is -2.53. The summed E-state index contributed by atoms with van der Waals surface area (Å²) in [7, 11) is 0. The van der Waals surface area contributed by atoms with Crippen LogP contribution in [0.3, 0.4) is 0 Å². The summed E-state index contributed by atoms with van der Waals surface area (Å²) >= 11 is 0. The molecular weight excluding hydrogens is 459 g/mol. The van der Waals surface area contributed by atoms with Crippen molar-refractivity contribution in [3.8, 4) is 11.5 Å². The van der Waals surface area contributed by atoms with E-state index in [-0.39, 0.29) is 28.5 Å². The zero-order valence-electron chi connectivity index (χ0n) is 19.4. The molecule has 3 aromatic rings. The van der Waals surface area contributed by atoms with Crippen molar-refractivity contribution in [1.29, 1.82) is 0 Å². The van der Waals surface area contributed by atoms with Gasteiger partial charge in [0.1, 0.15) is 5.82 Å². The van der Waals surface area contributed by atoms with Gasteiger partial charge in [-0.3, -0.25) is 9.97 Å². The highest BCUT2D eigenvalue weighted by Gasteiger charge is 2.49. The molecule has 2 aromatic heterocycles. The second kappa shape index (κ2) is 8.06. The third-order valence-corrected chi connectivity index (χ3v) is 7.64. The smallest absolute Gasteiger partial charge is 0.395 e. The number of nitrogens with one attached hydrogen (secondary N) is 1. The molecule has 1 aliphatic carbocycles. The van der Waals surface area contributed by atoms with E-state index in [4.69, 9.17) is 4.74 Å². The first-order chi connectivity index (χ1) is 16.7. The Balaban J connectivity index is 1.09. The number of halogens is 3. The number of aromatic nitrogens is 2. The highest BCUT2D eigenvalue weighted by Crippen LogP contribution is 2.46. The van der Waals surface area contributed by atoms with Crippen molar-refractivity contribution < 1.29 is 27.4 Å². The maximum atomic E-state index is 14.7. The molecule has 5 heterocycles. The monoisotopic (exact) mass is 485 g/mol. The summed E-state index contributed by atoms with van der Waals surface area (Å²) in [5, 5.41) is 3.59. The fourth-order valence-corrected chi connectivity index (χ4v) is 5.49. The van der Waals surface area contributed by atoms with Crippen molar-refractivity contribution in [2.24, 2.45) is 0 Å². The lowest BCUT2D eigenvalue weighted by atomic mass is 9.69. The van der Waals surface area contributed by atoms with Crippen molar-refractivity contribution in [2.45, 2.75) is 69.4 Å². The van der Waals surface area contributed by atoms with Gasteiger partial charge in [-0.2, -0.15) is 0 Å². The van der Waals surface area contributed by atoms with Crippen molar-refractivity contribution >= 4 is 11.0 Å². The van der Waals surface area contributed by atoms with Crippen LogP contribution in [0.5, 0.6) is 11.5 Å². The first-order valence-electron chi connectivity index (χ1n) is 11.9. The maximum absolute atomic E-state index is 14.7. The molecule has 35 heavy (non-hydrogen) atoms. The molecule has 0 radical (unpaired) electrons. The molecule has 1 saturated carbocycles. The van der Waals surface area contributed by atoms with Gasteiger partial charge in [0.25, 0.3) is 0 Å². The minimum Gasteiger partial charge on any atom is -0.395 e. The number of benzene rings is 1. The molecule has 0 spiro atoms. The van der Waals surface area contributed by atoms with Crippen LogP contribution >= 0.6 is 0 Å². The predicted octanol–water partition coefficient (Wildman–Crippen LogP) is 5.20. The van der Waals surface area contributed by atoms with Crippen molar-refractivity contribution in [1.82, 2.24) is 15.3 Å². The molecule has 0 amide bonds. The van der Waals surface area contributed by atoms with E-state index in [0.29, 0.717) is 36.2 Å². The van der Waals surface area contributed by atoms with Crippen molar-refractivity contribution in [3.05, 3.63) is 59.2 Å². The second-order valence-electron chi connectivity index (χ2n) is 9.96. The topological polar surface area (TPSA) is 65.5 Å². The molecule has 6 nitrogen and oxygen atoms in total. The highest BCUT2D eigenvalue weighted by atomic mass is 19.3. The van der Waals surface area contributed by atoms with E-state index in [2.05, 4.69) is 24.8 Å². The van der Waals surface area contributed by atoms with E-state index in [1.165, 1.54) is 12.3 Å². The largest absolute Gasteiger partial charge is 0.586 e. The molecular formula is C26H26F3N3O3. The summed E-state index contributed by atoms with van der Waals surface area (Å²) in [6.45, 7) is 2.97. The number of hydrogen-bond donors (Lipinski definition) is 1. The normalized spacial score (nSPS) is 26.4. The van der Waals surface area contributed by atoms with Crippen LogP contribution in [0.15, 0.2) is 36.5 Å². The number of pyridine rings is 2. The molecule has 1 N–H and O–H groups in total. The Morgan fingerprint density at radius 2 is 1.83 bits per heavy atom. The minimum absolute atomic E-state index is 0.0455. The summed E-state index contributed by atoms with van der Waals surface area (Å²) in [5.74, 6) is -0.227. The van der Waals surface area contributed by atoms with Crippen LogP contribution < -0.4 is 14.8 Å². The fraction of sp³-hybridized carbons (Fsp3) is 0.462. The number of aryl methyl sites for hydroxylation is 2. The van der Waals surface area contributed by atoms with Crippen LogP contribution in [0.2, 0.25) is 0 Å². The number of rotatable bonds is 6. The van der Waals surface area contributed by atoms with Gasteiger partial charge in [0.2, 0.25) is 0 Å². The van der Waals surface area contributed by atoms with E-state index in [0.717, 1.165) is 43.4 Å². The average molecular weight is 486 g/mol. The molecule has 7 rings (SSSR count). The fourth-order valence-electron chi connectivity index (χ4n) is 5.49. The SMILES string of the molecule is Cc1ccc2ncc(F)c(CCC34CCC(NCc5ccc6c(c5)OC(F)(F)O6)(CC3)CO4)c2n1. The number of ether oxygens (including phenoxy) is 3. The Labute approximate surface area is 200 Å². The van der Waals surface area contributed by atoms with Crippen LogP contribution in [0, 0.1) is 12.7 Å². The summed E-state index contributed by atoms with van der Waals surface area (Å²) < 4.78 is 56.7. The van der Waals surface area contributed by atoms with Crippen LogP contribution in [-0.2, 0) is 17.7 Å². The van der Waals surface area contributed by atoms with Crippen LogP contribution in [-0.4, -0.2) is 34.0 Å². The van der Waals surface area contributed by atoms with Crippen molar-refractivity contribution in [2.75, 3.05) is 6.61 Å². The molecule has 0 atom stereocenters. The van der Waals surface area contributed by atoms with E-state index in [1.54, 1.807) is 12.1 Å². The predicted molar refractivity (Wildman–Crippen MR) is 122 cm³/mol. The Hall–Kier alpha value is -2.91. The van der Waals surface area contributed by atoms with Gasteiger partial charge in [-0.25, -0.2) is 4.39 Å². The van der Waals surface area contributed by atoms with Gasteiger partial charge in [-0.1, -0.05) is 6.07 Å². The van der Waals surface area contributed by atoms with Gasteiger partial charge in [0.15, 0.2) is 11.5 Å². The zero-order valence-corrected chi connectivity index (χ0v) is 19.4. The third-order valence-electron chi connectivity index (χ3n) is 7.64. The van der Waals surface area contributed by atoms with E-state index < -0.39 is 6.29 Å². The molecule has 0 unspecified atom stereocenters. The standard InChI is InChI=1S/C26H26F3N3O3/c1-16-2-4-20-23(32-16)18(19(27)14-30-20)6-7-25-10-8-24(9-11-25,15-33-25)31-13-17-3-5-21-22(12-17)35-26(28,29)34-21/h2-5,12,14,31H,6-11,13,15H2,1H3. The average Bonchev–Trinajstić information content (AvgIpc) is 3.16. The van der Waals surface area contributed by atoms with Gasteiger partial charge >= 0.3 is 6.29 Å².